The summed E-state index contributed by atoms with van der Waals surface area (Å²) in [6.45, 7) is 3.90. The number of hydrogen-bond donors (Lipinski definition) is 2. The number of aliphatic carboxylic acids is 1. The third kappa shape index (κ3) is 3.39. The van der Waals surface area contributed by atoms with Crippen molar-refractivity contribution in [3.05, 3.63) is 21.4 Å². The molecular formula is C15H21NO3S. The van der Waals surface area contributed by atoms with Gasteiger partial charge in [-0.05, 0) is 43.2 Å². The van der Waals surface area contributed by atoms with Crippen LogP contribution in [-0.2, 0) is 17.6 Å². The van der Waals surface area contributed by atoms with E-state index in [1.165, 1.54) is 23.3 Å². The predicted molar refractivity (Wildman–Crippen MR) is 79.3 cm³/mol. The van der Waals surface area contributed by atoms with Crippen LogP contribution in [0.1, 0.15) is 46.8 Å². The van der Waals surface area contributed by atoms with Crippen LogP contribution in [0.3, 0.4) is 0 Å². The van der Waals surface area contributed by atoms with Gasteiger partial charge in [0, 0.05) is 11.4 Å². The maximum absolute atomic E-state index is 12.1. The number of nitrogens with one attached hydrogen (secondary N) is 1. The van der Waals surface area contributed by atoms with Gasteiger partial charge < -0.3 is 10.4 Å². The van der Waals surface area contributed by atoms with Crippen molar-refractivity contribution in [1.29, 1.82) is 0 Å². The molecule has 1 aromatic rings. The molecule has 4 nitrogen and oxygen atoms in total. The molecule has 0 radical (unpaired) electrons. The van der Waals surface area contributed by atoms with E-state index in [-0.39, 0.29) is 18.4 Å². The molecule has 0 aromatic carbocycles. The van der Waals surface area contributed by atoms with E-state index in [1.807, 2.05) is 19.9 Å². The number of aryl methyl sites for hydroxylation is 2. The summed E-state index contributed by atoms with van der Waals surface area (Å²) in [5.41, 5.74) is 1.30. The van der Waals surface area contributed by atoms with Crippen molar-refractivity contribution in [2.75, 3.05) is 6.54 Å². The molecule has 110 valence electrons. The number of thiophene rings is 1. The third-order valence-electron chi connectivity index (χ3n) is 3.82. The van der Waals surface area contributed by atoms with Crippen LogP contribution in [0.25, 0.3) is 0 Å². The summed E-state index contributed by atoms with van der Waals surface area (Å²) in [5, 5.41) is 11.9. The first-order valence-corrected chi connectivity index (χ1v) is 7.93. The van der Waals surface area contributed by atoms with E-state index in [0.29, 0.717) is 4.88 Å². The van der Waals surface area contributed by atoms with Gasteiger partial charge in [0.2, 0.25) is 0 Å². The van der Waals surface area contributed by atoms with Crippen LogP contribution < -0.4 is 5.32 Å². The number of fused-ring (bicyclic) bond motifs is 1. The molecule has 0 spiro atoms. The minimum atomic E-state index is -0.856. The average molecular weight is 295 g/mol. The van der Waals surface area contributed by atoms with Crippen LogP contribution in [0.15, 0.2) is 6.07 Å². The van der Waals surface area contributed by atoms with Crippen molar-refractivity contribution in [3.8, 4) is 0 Å². The van der Waals surface area contributed by atoms with Crippen LogP contribution in [0.4, 0.5) is 0 Å². The van der Waals surface area contributed by atoms with Gasteiger partial charge in [0.25, 0.3) is 5.91 Å². The van der Waals surface area contributed by atoms with Gasteiger partial charge in [-0.3, -0.25) is 9.59 Å². The lowest BCUT2D eigenvalue weighted by Gasteiger charge is -2.16. The fourth-order valence-electron chi connectivity index (χ4n) is 2.50. The average Bonchev–Trinajstić information content (AvgIpc) is 2.81. The van der Waals surface area contributed by atoms with Crippen molar-refractivity contribution >= 4 is 23.2 Å². The number of carbonyl (C=O) groups is 2. The summed E-state index contributed by atoms with van der Waals surface area (Å²) >= 11 is 1.55. The highest BCUT2D eigenvalue weighted by molar-refractivity contribution is 7.14. The quantitative estimate of drug-likeness (QED) is 0.877. The standard InChI is InChI=1S/C15H21NO3S/c1-9(2)11(15(18)19)8-16-14(17)13-7-10-5-3-4-6-12(10)20-13/h7,9,11H,3-6,8H2,1-2H3,(H,16,17)(H,18,19). The number of carboxylic acid groups (broad SMARTS) is 1. The Morgan fingerprint density at radius 2 is 2.05 bits per heavy atom. The first-order chi connectivity index (χ1) is 9.49. The third-order valence-corrected chi connectivity index (χ3v) is 5.06. The van der Waals surface area contributed by atoms with Crippen LogP contribution in [0.5, 0.6) is 0 Å². The topological polar surface area (TPSA) is 66.4 Å². The highest BCUT2D eigenvalue weighted by atomic mass is 32.1. The molecule has 0 saturated heterocycles. The van der Waals surface area contributed by atoms with Gasteiger partial charge in [0.15, 0.2) is 0 Å². The fourth-order valence-corrected chi connectivity index (χ4v) is 3.67. The predicted octanol–water partition coefficient (Wildman–Crippen LogP) is 2.71. The van der Waals surface area contributed by atoms with E-state index in [4.69, 9.17) is 5.11 Å². The van der Waals surface area contributed by atoms with Crippen LogP contribution in [0, 0.1) is 11.8 Å². The van der Waals surface area contributed by atoms with E-state index in [1.54, 1.807) is 11.3 Å². The normalized spacial score (nSPS) is 15.8. The molecular weight excluding hydrogens is 274 g/mol. The van der Waals surface area contributed by atoms with Crippen LogP contribution in [-0.4, -0.2) is 23.5 Å². The van der Waals surface area contributed by atoms with Crippen molar-refractivity contribution in [3.63, 3.8) is 0 Å². The van der Waals surface area contributed by atoms with Crippen molar-refractivity contribution in [2.24, 2.45) is 11.8 Å². The molecule has 1 aliphatic carbocycles. The largest absolute Gasteiger partial charge is 0.481 e. The van der Waals surface area contributed by atoms with Gasteiger partial charge in [-0.2, -0.15) is 0 Å². The summed E-state index contributed by atoms with van der Waals surface area (Å²) in [6, 6.07) is 1.97. The molecule has 5 heteroatoms. The maximum Gasteiger partial charge on any atom is 0.308 e. The molecule has 0 fully saturated rings. The van der Waals surface area contributed by atoms with Gasteiger partial charge in [-0.15, -0.1) is 11.3 Å². The Bertz CT molecular complexity index is 484. The van der Waals surface area contributed by atoms with E-state index < -0.39 is 11.9 Å². The summed E-state index contributed by atoms with van der Waals surface area (Å²) in [5.74, 6) is -1.53. The minimum absolute atomic E-state index is 0.00402. The van der Waals surface area contributed by atoms with Gasteiger partial charge in [0.1, 0.15) is 0 Å². The molecule has 0 bridgehead atoms. The first-order valence-electron chi connectivity index (χ1n) is 7.11. The van der Waals surface area contributed by atoms with Gasteiger partial charge in [-0.1, -0.05) is 13.8 Å². The number of amides is 1. The molecule has 1 heterocycles. The van der Waals surface area contributed by atoms with E-state index in [9.17, 15) is 9.59 Å². The van der Waals surface area contributed by atoms with Crippen molar-refractivity contribution in [1.82, 2.24) is 5.32 Å². The van der Waals surface area contributed by atoms with Crippen LogP contribution in [0.2, 0.25) is 0 Å². The molecule has 2 rings (SSSR count). The minimum Gasteiger partial charge on any atom is -0.481 e. The first kappa shape index (κ1) is 15.0. The van der Waals surface area contributed by atoms with Crippen molar-refractivity contribution < 1.29 is 14.7 Å². The van der Waals surface area contributed by atoms with Crippen molar-refractivity contribution in [2.45, 2.75) is 39.5 Å². The molecule has 1 unspecified atom stereocenters. The Morgan fingerprint density at radius 3 is 2.65 bits per heavy atom. The second-order valence-electron chi connectivity index (χ2n) is 5.66. The van der Waals surface area contributed by atoms with E-state index >= 15 is 0 Å². The molecule has 1 aromatic heterocycles. The zero-order valence-electron chi connectivity index (χ0n) is 11.9. The lowest BCUT2D eigenvalue weighted by Crippen LogP contribution is -2.35. The monoisotopic (exact) mass is 295 g/mol. The van der Waals surface area contributed by atoms with E-state index in [0.717, 1.165) is 12.8 Å². The van der Waals surface area contributed by atoms with Gasteiger partial charge in [-0.25, -0.2) is 0 Å². The Kier molecular flexibility index (Phi) is 4.81. The molecule has 1 amide bonds. The molecule has 0 aliphatic heterocycles. The lowest BCUT2D eigenvalue weighted by atomic mass is 9.96. The summed E-state index contributed by atoms with van der Waals surface area (Å²) in [6.07, 6.45) is 4.52. The highest BCUT2D eigenvalue weighted by Gasteiger charge is 2.23. The summed E-state index contributed by atoms with van der Waals surface area (Å²) in [7, 11) is 0. The molecule has 0 saturated carbocycles. The Labute approximate surface area is 123 Å². The maximum atomic E-state index is 12.1. The fraction of sp³-hybridized carbons (Fsp3) is 0.600. The van der Waals surface area contributed by atoms with Gasteiger partial charge >= 0.3 is 5.97 Å². The lowest BCUT2D eigenvalue weighted by molar-refractivity contribution is -0.142. The second kappa shape index (κ2) is 6.39. The number of carboxylic acids is 1. The smallest absolute Gasteiger partial charge is 0.308 e. The summed E-state index contributed by atoms with van der Waals surface area (Å²) < 4.78 is 0. The SMILES string of the molecule is CC(C)C(CNC(=O)c1cc2c(s1)CCCC2)C(=O)O. The Morgan fingerprint density at radius 1 is 1.35 bits per heavy atom. The molecule has 1 atom stereocenters. The van der Waals surface area contributed by atoms with Gasteiger partial charge in [0.05, 0.1) is 10.8 Å². The number of hydrogen-bond acceptors (Lipinski definition) is 3. The Balaban J connectivity index is 1.98. The van der Waals surface area contributed by atoms with Crippen LogP contribution >= 0.6 is 11.3 Å². The Hall–Kier alpha value is -1.36. The van der Waals surface area contributed by atoms with E-state index in [2.05, 4.69) is 5.32 Å². The number of carbonyl (C=O) groups excluding carboxylic acids is 1. The molecule has 20 heavy (non-hydrogen) atoms. The number of rotatable bonds is 5. The zero-order valence-corrected chi connectivity index (χ0v) is 12.8. The molecule has 2 N–H and O–H groups in total. The summed E-state index contributed by atoms with van der Waals surface area (Å²) in [4.78, 5) is 25.3. The second-order valence-corrected chi connectivity index (χ2v) is 6.80. The molecule has 1 aliphatic rings. The highest BCUT2D eigenvalue weighted by Crippen LogP contribution is 2.29. The zero-order chi connectivity index (χ0) is 14.7.